The number of aryl methyl sites for hydroxylation is 3. The topological polar surface area (TPSA) is 26.3 Å². The van der Waals surface area contributed by atoms with Crippen LogP contribution in [-0.4, -0.2) is 4.21 Å². The zero-order chi connectivity index (χ0) is 14.0. The maximum absolute atomic E-state index is 12.3. The van der Waals surface area contributed by atoms with E-state index in [-0.39, 0.29) is 0 Å². The summed E-state index contributed by atoms with van der Waals surface area (Å²) in [4.78, 5) is 0.737. The van der Waals surface area contributed by atoms with E-state index in [1.54, 1.807) is 24.3 Å². The van der Waals surface area contributed by atoms with E-state index in [9.17, 15) is 4.21 Å². The Morgan fingerprint density at radius 2 is 1.53 bits per heavy atom. The average Bonchev–Trinajstić information content (AvgIpc) is 2.30. The first-order chi connectivity index (χ1) is 8.97. The zero-order valence-electron chi connectivity index (χ0n) is 11.1. The van der Waals surface area contributed by atoms with Crippen LogP contribution < -0.4 is 4.18 Å². The van der Waals surface area contributed by atoms with Crippen LogP contribution >= 0.6 is 11.6 Å². The van der Waals surface area contributed by atoms with Crippen LogP contribution in [0.4, 0.5) is 0 Å². The van der Waals surface area contributed by atoms with E-state index in [1.165, 1.54) is 0 Å². The minimum Gasteiger partial charge on any atom is -0.397 e. The average molecular weight is 295 g/mol. The van der Waals surface area contributed by atoms with Gasteiger partial charge < -0.3 is 4.18 Å². The van der Waals surface area contributed by atoms with E-state index < -0.39 is 11.1 Å². The molecule has 0 fully saturated rings. The second kappa shape index (κ2) is 5.76. The fourth-order valence-electron chi connectivity index (χ4n) is 2.05. The van der Waals surface area contributed by atoms with Crippen LogP contribution in [-0.2, 0) is 11.1 Å². The van der Waals surface area contributed by atoms with Gasteiger partial charge in [-0.25, -0.2) is 4.21 Å². The molecule has 0 aromatic heterocycles. The smallest absolute Gasteiger partial charge is 0.241 e. The Morgan fingerprint density at radius 3 is 2.05 bits per heavy atom. The van der Waals surface area contributed by atoms with E-state index in [0.29, 0.717) is 10.8 Å². The van der Waals surface area contributed by atoms with Crippen molar-refractivity contribution in [3.8, 4) is 5.75 Å². The van der Waals surface area contributed by atoms with Gasteiger partial charge in [0, 0.05) is 5.02 Å². The first kappa shape index (κ1) is 14.1. The molecular weight excluding hydrogens is 280 g/mol. The van der Waals surface area contributed by atoms with Gasteiger partial charge in [0.15, 0.2) is 0 Å². The third-order valence-electron chi connectivity index (χ3n) is 2.76. The van der Waals surface area contributed by atoms with Crippen LogP contribution in [0.25, 0.3) is 0 Å². The molecular formula is C15H15ClO2S. The van der Waals surface area contributed by atoms with Gasteiger partial charge in [0.2, 0.25) is 11.1 Å². The molecule has 0 spiro atoms. The predicted molar refractivity (Wildman–Crippen MR) is 79.1 cm³/mol. The Hall–Kier alpha value is -1.32. The van der Waals surface area contributed by atoms with Crippen molar-refractivity contribution < 1.29 is 8.39 Å². The molecule has 2 aromatic rings. The minimum atomic E-state index is -1.52. The van der Waals surface area contributed by atoms with Gasteiger partial charge in [0.05, 0.1) is 4.90 Å². The molecule has 0 saturated carbocycles. The summed E-state index contributed by atoms with van der Waals surface area (Å²) >= 11 is 4.29. The van der Waals surface area contributed by atoms with Crippen molar-refractivity contribution in [2.45, 2.75) is 25.7 Å². The predicted octanol–water partition coefficient (Wildman–Crippen LogP) is 4.37. The second-order valence-electron chi connectivity index (χ2n) is 4.50. The molecule has 0 aliphatic heterocycles. The highest BCUT2D eigenvalue weighted by Gasteiger charge is 2.13. The maximum atomic E-state index is 12.3. The summed E-state index contributed by atoms with van der Waals surface area (Å²) in [5, 5.41) is 0.626. The van der Waals surface area contributed by atoms with Crippen LogP contribution in [0.15, 0.2) is 41.3 Å². The lowest BCUT2D eigenvalue weighted by atomic mass is 10.1. The molecule has 2 nitrogen and oxygen atoms in total. The summed E-state index contributed by atoms with van der Waals surface area (Å²) in [5.74, 6) is 0.544. The van der Waals surface area contributed by atoms with E-state index in [0.717, 1.165) is 21.6 Å². The van der Waals surface area contributed by atoms with E-state index in [4.69, 9.17) is 15.8 Å². The summed E-state index contributed by atoms with van der Waals surface area (Å²) in [6.07, 6.45) is 0. The van der Waals surface area contributed by atoms with Crippen LogP contribution in [0, 0.1) is 20.8 Å². The van der Waals surface area contributed by atoms with Gasteiger partial charge in [-0.1, -0.05) is 29.3 Å². The van der Waals surface area contributed by atoms with E-state index in [2.05, 4.69) is 0 Å². The Balaban J connectivity index is 2.28. The fourth-order valence-corrected chi connectivity index (χ4v) is 3.19. The molecule has 0 heterocycles. The van der Waals surface area contributed by atoms with Crippen molar-refractivity contribution in [3.63, 3.8) is 0 Å². The lowest BCUT2D eigenvalue weighted by molar-refractivity contribution is 0.561. The monoisotopic (exact) mass is 294 g/mol. The molecule has 1 unspecified atom stereocenters. The second-order valence-corrected chi connectivity index (χ2v) is 5.98. The minimum absolute atomic E-state index is 0.544. The lowest BCUT2D eigenvalue weighted by Gasteiger charge is -2.11. The number of hydrogen-bond acceptors (Lipinski definition) is 2. The molecule has 1 atom stereocenters. The molecule has 0 bridgehead atoms. The summed E-state index contributed by atoms with van der Waals surface area (Å²) < 4.78 is 17.8. The van der Waals surface area contributed by atoms with Crippen molar-refractivity contribution in [1.29, 1.82) is 0 Å². The lowest BCUT2D eigenvalue weighted by Crippen LogP contribution is -2.05. The Labute approximate surface area is 121 Å². The molecule has 0 radical (unpaired) electrons. The van der Waals surface area contributed by atoms with Crippen molar-refractivity contribution >= 4 is 22.7 Å². The maximum Gasteiger partial charge on any atom is 0.241 e. The third-order valence-corrected chi connectivity index (χ3v) is 4.33. The fraction of sp³-hybridized carbons (Fsp3) is 0.200. The van der Waals surface area contributed by atoms with Crippen molar-refractivity contribution in [2.24, 2.45) is 0 Å². The van der Waals surface area contributed by atoms with Crippen LogP contribution in [0.2, 0.25) is 5.02 Å². The van der Waals surface area contributed by atoms with Gasteiger partial charge in [-0.3, -0.25) is 0 Å². The molecule has 4 heteroatoms. The molecule has 100 valence electrons. The van der Waals surface area contributed by atoms with Crippen molar-refractivity contribution in [3.05, 3.63) is 58.1 Å². The van der Waals surface area contributed by atoms with Crippen molar-refractivity contribution in [1.82, 2.24) is 0 Å². The summed E-state index contributed by atoms with van der Waals surface area (Å²) in [5.41, 5.74) is 3.11. The van der Waals surface area contributed by atoms with Crippen LogP contribution in [0.1, 0.15) is 16.7 Å². The summed E-state index contributed by atoms with van der Waals surface area (Å²) in [7, 11) is 0. The molecule has 0 saturated heterocycles. The van der Waals surface area contributed by atoms with E-state index >= 15 is 0 Å². The van der Waals surface area contributed by atoms with Gasteiger partial charge in [0.1, 0.15) is 5.75 Å². The number of rotatable bonds is 3. The highest BCUT2D eigenvalue weighted by Crippen LogP contribution is 2.23. The Kier molecular flexibility index (Phi) is 4.27. The molecule has 0 aliphatic rings. The molecule has 0 N–H and O–H groups in total. The molecule has 2 rings (SSSR count). The van der Waals surface area contributed by atoms with Crippen molar-refractivity contribution in [2.75, 3.05) is 0 Å². The van der Waals surface area contributed by atoms with Crippen LogP contribution in [0.3, 0.4) is 0 Å². The molecule has 0 aliphatic carbocycles. The largest absolute Gasteiger partial charge is 0.397 e. The zero-order valence-corrected chi connectivity index (χ0v) is 12.6. The third kappa shape index (κ3) is 3.37. The van der Waals surface area contributed by atoms with Crippen LogP contribution in [0.5, 0.6) is 5.75 Å². The number of hydrogen-bond donors (Lipinski definition) is 0. The standard InChI is InChI=1S/C15H15ClO2S/c1-10-8-11(2)15(12(3)9-10)19(17)18-14-6-4-13(16)5-7-14/h4-9H,1-3H3. The van der Waals surface area contributed by atoms with Gasteiger partial charge in [-0.2, -0.15) is 0 Å². The first-order valence-corrected chi connectivity index (χ1v) is 7.36. The normalized spacial score (nSPS) is 12.2. The molecule has 0 amide bonds. The first-order valence-electron chi connectivity index (χ1n) is 5.91. The van der Waals surface area contributed by atoms with E-state index in [1.807, 2.05) is 32.9 Å². The Morgan fingerprint density at radius 1 is 1.00 bits per heavy atom. The van der Waals surface area contributed by atoms with Gasteiger partial charge in [0.25, 0.3) is 0 Å². The number of benzene rings is 2. The molecule has 2 aromatic carbocycles. The highest BCUT2D eigenvalue weighted by molar-refractivity contribution is 7.80. The van der Waals surface area contributed by atoms with Gasteiger partial charge in [-0.05, 0) is 56.2 Å². The SMILES string of the molecule is Cc1cc(C)c(S(=O)Oc2ccc(Cl)cc2)c(C)c1. The van der Waals surface area contributed by atoms with Gasteiger partial charge in [-0.15, -0.1) is 0 Å². The van der Waals surface area contributed by atoms with Gasteiger partial charge >= 0.3 is 0 Å². The summed E-state index contributed by atoms with van der Waals surface area (Å²) in [6.45, 7) is 5.91. The molecule has 19 heavy (non-hydrogen) atoms. The Bertz CT molecular complexity index is 598. The summed E-state index contributed by atoms with van der Waals surface area (Å²) in [6, 6.07) is 10.8. The highest BCUT2D eigenvalue weighted by atomic mass is 35.5. The quantitative estimate of drug-likeness (QED) is 0.840. The number of halogens is 1.